The van der Waals surface area contributed by atoms with Crippen molar-refractivity contribution in [3.8, 4) is 16.9 Å². The number of aromatic amines is 2. The van der Waals surface area contributed by atoms with Crippen molar-refractivity contribution in [2.45, 2.75) is 176 Å². The van der Waals surface area contributed by atoms with E-state index < -0.39 is 190 Å². The van der Waals surface area contributed by atoms with Crippen LogP contribution >= 0.6 is 27.5 Å². The van der Waals surface area contributed by atoms with Crippen LogP contribution in [0.4, 0.5) is 4.79 Å². The second-order valence-electron chi connectivity index (χ2n) is 35.1. The van der Waals surface area contributed by atoms with Crippen molar-refractivity contribution in [1.29, 1.82) is 0 Å². The molecule has 690 valence electrons. The number of aliphatic carboxylic acids is 2. The number of ether oxygens (including phenoxy) is 7. The molecule has 7 unspecified atom stereocenters. The molecule has 7 aliphatic rings. The van der Waals surface area contributed by atoms with Crippen LogP contribution in [0, 0.1) is 11.8 Å². The normalized spacial score (nSPS) is 26.2. The summed E-state index contributed by atoms with van der Waals surface area (Å²) in [5.41, 5.74) is 0.192. The van der Waals surface area contributed by atoms with E-state index in [1.165, 1.54) is 51.1 Å². The number of rotatable bonds is 32. The van der Waals surface area contributed by atoms with Crippen molar-refractivity contribution in [3.63, 3.8) is 0 Å². The van der Waals surface area contributed by atoms with Gasteiger partial charge in [0.1, 0.15) is 73.7 Å². The lowest BCUT2D eigenvalue weighted by Crippen LogP contribution is -2.48. The molecule has 36 nitrogen and oxygen atoms in total. The predicted octanol–water partition coefficient (Wildman–Crippen LogP) is 3.62. The Bertz CT molecular complexity index is 4970. The largest absolute Gasteiger partial charge is 0.509 e. The van der Waals surface area contributed by atoms with E-state index in [2.05, 4.69) is 75.0 Å². The Labute approximate surface area is 725 Å². The van der Waals surface area contributed by atoms with Gasteiger partial charge >= 0.3 is 29.5 Å². The summed E-state index contributed by atoms with van der Waals surface area (Å²) in [7, 11) is 0. The van der Waals surface area contributed by atoms with Gasteiger partial charge in [-0.05, 0) is 153 Å². The van der Waals surface area contributed by atoms with E-state index in [4.69, 9.17) is 43.4 Å². The van der Waals surface area contributed by atoms with E-state index >= 15 is 0 Å². The number of H-pyrrole nitrogens is 2. The third-order valence-electron chi connectivity index (χ3n) is 22.0. The molecule has 2 aromatic heterocycles. The maximum absolute atomic E-state index is 12.8. The van der Waals surface area contributed by atoms with Crippen molar-refractivity contribution in [1.82, 2.24) is 38.7 Å². The van der Waals surface area contributed by atoms with E-state index in [0.29, 0.717) is 31.8 Å². The highest BCUT2D eigenvalue weighted by Gasteiger charge is 2.50. The van der Waals surface area contributed by atoms with Gasteiger partial charge in [0.05, 0.1) is 48.0 Å². The van der Waals surface area contributed by atoms with Crippen LogP contribution in [0.1, 0.15) is 107 Å². The quantitative estimate of drug-likeness (QED) is 0.0245. The van der Waals surface area contributed by atoms with Crippen LogP contribution in [0.15, 0.2) is 129 Å². The standard InChI is InChI=1S/C31H35N2O9P.2C19H31N2O6P.C16H25N2O7P/c1-17(34)27(42-31(39)40-16-23-20-11-7-5-9-18(20)19-10-6-8-12-21(19)23)22-15-33(30(38)32-28(22)37)29-26(36)25(35)24(41-29)13-14-43(2,3)4;2*1-12(19(25)26)6-9-20-13(2)21(10-7-15(20)22)18-17(24)16(23)14(27-18)8-11-28(3,4)5;1-9(19)8-24-11-7-18(16(23)17-14(11)22)15-13(21)12(20)10(25-15)5-6-26(2,3)4/h5-12,15,23-27,29,35-36H,2,13-14,16H2,1,3-4H3,(H,32,37,38);2*7,10,12,14,16-18,23-24H,2-3,6,8-9,11H2,1,4-5H3,(H,25,26);7,10,12-13,15,20-21H,2,5-6,8H2,1,3-4H3,(H,17,22,23)/t24-,25-,26-,27?,29?;2*12?,14-,16-,17-,18?;10-,12-,13-,15?/m1111/s1. The average Bonchev–Trinajstić information content (AvgIpc) is 1.47. The lowest BCUT2D eigenvalue weighted by Gasteiger charge is -2.38. The third kappa shape index (κ3) is 26.8. The number of hydrogen-bond acceptors (Lipinski definition) is 28. The molecule has 8 heterocycles. The van der Waals surface area contributed by atoms with Gasteiger partial charge in [0.2, 0.25) is 5.75 Å². The van der Waals surface area contributed by atoms with Gasteiger partial charge in [-0.2, -0.15) is 0 Å². The first-order chi connectivity index (χ1) is 58.2. The number of carbonyl (C=O) groups is 7. The van der Waals surface area contributed by atoms with Crippen LogP contribution in [0.2, 0.25) is 0 Å². The van der Waals surface area contributed by atoms with Gasteiger partial charge in [0.15, 0.2) is 42.6 Å². The van der Waals surface area contributed by atoms with E-state index in [0.717, 1.165) is 69.2 Å². The predicted molar refractivity (Wildman–Crippen MR) is 480 cm³/mol. The number of benzene rings is 2. The number of amides is 2. The van der Waals surface area contributed by atoms with Crippen molar-refractivity contribution in [3.05, 3.63) is 169 Å². The number of aromatic nitrogens is 4. The van der Waals surface area contributed by atoms with Crippen LogP contribution in [-0.4, -0.2) is 346 Å². The van der Waals surface area contributed by atoms with Crippen LogP contribution in [0.5, 0.6) is 5.75 Å². The highest BCUT2D eigenvalue weighted by atomic mass is 31.2. The first kappa shape index (κ1) is 102. The van der Waals surface area contributed by atoms with Crippen molar-refractivity contribution >= 4 is 94.2 Å². The molecule has 12 N–H and O–H groups in total. The summed E-state index contributed by atoms with van der Waals surface area (Å²) in [5, 5.41) is 102. The molecule has 4 saturated heterocycles. The first-order valence-corrected chi connectivity index (χ1v) is 52.9. The molecule has 0 bridgehead atoms. The Kier molecular flexibility index (Phi) is 35.0. The minimum absolute atomic E-state index is 0.0684. The smallest absolute Gasteiger partial charge is 0.481 e. The molecule has 19 atom stereocenters. The van der Waals surface area contributed by atoms with Gasteiger partial charge in [-0.1, -0.05) is 75.5 Å². The zero-order valence-electron chi connectivity index (χ0n) is 72.6. The molecule has 0 spiro atoms. The number of aliphatic hydroxyl groups is 8. The Morgan fingerprint density at radius 1 is 0.496 bits per heavy atom. The Hall–Kier alpha value is -8.63. The summed E-state index contributed by atoms with van der Waals surface area (Å²) in [6, 6.07) is 15.6. The molecule has 1 aliphatic carbocycles. The third-order valence-corrected chi connectivity index (χ3v) is 27.9. The number of hydrogen-bond donors (Lipinski definition) is 12. The number of carboxylic acid groups (broad SMARTS) is 2. The number of aliphatic hydroxyl groups excluding tert-OH is 8. The maximum Gasteiger partial charge on any atom is 0.509 e. The second-order valence-corrected chi connectivity index (χ2v) is 52.4. The zero-order valence-corrected chi connectivity index (χ0v) is 76.1. The fourth-order valence-corrected chi connectivity index (χ4v) is 18.4. The summed E-state index contributed by atoms with van der Waals surface area (Å²) in [6.45, 7) is 24.5. The monoisotopic (exact) mass is 1830 g/mol. The number of ketones is 2. The molecule has 2 aromatic carbocycles. The lowest BCUT2D eigenvalue weighted by molar-refractivity contribution is -0.142. The molecule has 40 heteroatoms. The van der Waals surface area contributed by atoms with Gasteiger partial charge < -0.3 is 94.0 Å². The molecular formula is C85H122N8O28P4. The number of Topliss-reactive ketones (excluding diaryl/α,β-unsaturated/α-hetero) is 2. The highest BCUT2D eigenvalue weighted by Crippen LogP contribution is 2.47. The Morgan fingerprint density at radius 3 is 1.19 bits per heavy atom. The minimum atomic E-state index is -1.71. The number of carbonyl (C=O) groups excluding carboxylic acids is 5. The lowest BCUT2D eigenvalue weighted by atomic mass is 9.98. The number of nitrogens with zero attached hydrogens (tertiary/aromatic N) is 6. The van der Waals surface area contributed by atoms with Gasteiger partial charge in [-0.3, -0.25) is 67.3 Å². The maximum atomic E-state index is 12.8. The molecule has 0 saturated carbocycles. The van der Waals surface area contributed by atoms with Crippen LogP contribution in [0.3, 0.4) is 0 Å². The molecule has 125 heavy (non-hydrogen) atoms. The summed E-state index contributed by atoms with van der Waals surface area (Å²) >= 11 is 0. The summed E-state index contributed by atoms with van der Waals surface area (Å²) in [4.78, 5) is 142. The first-order valence-electron chi connectivity index (χ1n) is 40.7. The summed E-state index contributed by atoms with van der Waals surface area (Å²) < 4.78 is 41.0. The highest BCUT2D eigenvalue weighted by molar-refractivity contribution is 7.73. The number of carboxylic acids is 2. The molecule has 6 aliphatic heterocycles. The summed E-state index contributed by atoms with van der Waals surface area (Å²) in [6.07, 6.45) is 10.5. The van der Waals surface area contributed by atoms with E-state index in [1.807, 2.05) is 75.2 Å². The zero-order chi connectivity index (χ0) is 93.1. The van der Waals surface area contributed by atoms with Crippen LogP contribution in [0.25, 0.3) is 11.1 Å². The van der Waals surface area contributed by atoms with E-state index in [9.17, 15) is 93.6 Å². The molecule has 0 radical (unpaired) electrons. The van der Waals surface area contributed by atoms with Gasteiger partial charge in [0.25, 0.3) is 22.9 Å². The van der Waals surface area contributed by atoms with Crippen molar-refractivity contribution in [2.24, 2.45) is 11.8 Å². The molecule has 11 rings (SSSR count). The van der Waals surface area contributed by atoms with Crippen LogP contribution < -0.4 is 27.2 Å². The van der Waals surface area contributed by atoms with E-state index in [1.54, 1.807) is 13.8 Å². The van der Waals surface area contributed by atoms with Gasteiger partial charge in [-0.15, -0.1) is 52.7 Å². The Morgan fingerprint density at radius 2 is 0.840 bits per heavy atom. The van der Waals surface area contributed by atoms with Crippen molar-refractivity contribution in [2.75, 3.05) is 104 Å². The SMILES string of the molecule is C=C1N(CCC(C)C(=O)O)C(=O)C=CN1C1O[C@H](CCP(=C)(C)C)[C@@H](O)[C@H]1O.C=C1N(CCC(C)C(=O)O)C(=O)C=CN1C1O[C@H](CCP(=C)(C)C)[C@@H](O)[C@H]1O.C=P(C)(C)CC[C@H]1OC(n2cc(C(OC(=O)OCC3c4ccccc4-c4ccccc43)C(C)=O)c(=O)[nH]c2=O)[C@H](O)[C@@H]1O.C=P(C)(C)CC[C@H]1OC(n2cc(OCC(C)=O)c(=O)[nH]c2=O)[C@H](O)[C@@H]1O. The fourth-order valence-electron chi connectivity index (χ4n) is 14.6. The van der Waals surface area contributed by atoms with Crippen molar-refractivity contribution < 1.29 is 118 Å². The molecular weight excluding hydrogens is 1700 g/mol. The van der Waals surface area contributed by atoms with Crippen LogP contribution in [-0.2, 0) is 57.2 Å². The minimum Gasteiger partial charge on any atom is -0.481 e. The topological polar surface area (TPSA) is 509 Å². The fraction of sp³-hybridized carbons (Fsp3) is 0.541. The second kappa shape index (κ2) is 43.0. The molecule has 2 amide bonds. The number of nitrogens with one attached hydrogen (secondary N) is 2. The van der Waals surface area contributed by atoms with Gasteiger partial charge in [0, 0.05) is 49.8 Å². The molecule has 4 aromatic rings. The molecule has 4 fully saturated rings. The average molecular weight is 1830 g/mol. The van der Waals surface area contributed by atoms with Gasteiger partial charge in [-0.25, -0.2) is 14.4 Å². The van der Waals surface area contributed by atoms with E-state index in [-0.39, 0.29) is 85.6 Å². The summed E-state index contributed by atoms with van der Waals surface area (Å²) in [5.74, 6) is -4.62. The Balaban J connectivity index is 0.000000212. The number of fused-ring (bicyclic) bond motifs is 3.